The summed E-state index contributed by atoms with van der Waals surface area (Å²) in [7, 11) is 0. The molecule has 3 heteroatoms. The Labute approximate surface area is 92.8 Å². The summed E-state index contributed by atoms with van der Waals surface area (Å²) in [5.74, 6) is -0.840. The fraction of sp³-hybridized carbons (Fsp3) is 0.308. The summed E-state index contributed by atoms with van der Waals surface area (Å²) in [4.78, 5) is 10.5. The molecule has 1 aromatic rings. The van der Waals surface area contributed by atoms with Crippen LogP contribution >= 0.6 is 0 Å². The van der Waals surface area contributed by atoms with Gasteiger partial charge in [-0.25, -0.2) is 8.78 Å². The molecule has 1 aliphatic rings. The van der Waals surface area contributed by atoms with E-state index < -0.39 is 11.6 Å². The van der Waals surface area contributed by atoms with Gasteiger partial charge in [0.05, 0.1) is 0 Å². The van der Waals surface area contributed by atoms with Gasteiger partial charge in [0.25, 0.3) is 0 Å². The molecule has 2 rings (SSSR count). The van der Waals surface area contributed by atoms with Crippen LogP contribution in [0.15, 0.2) is 24.3 Å². The van der Waals surface area contributed by atoms with Gasteiger partial charge in [-0.2, -0.15) is 0 Å². The van der Waals surface area contributed by atoms with E-state index in [2.05, 4.69) is 0 Å². The first-order valence-electron chi connectivity index (χ1n) is 5.31. The molecule has 1 aromatic carbocycles. The Morgan fingerprint density at radius 2 is 2.19 bits per heavy atom. The minimum Gasteiger partial charge on any atom is -0.303 e. The number of aldehydes is 1. The average molecular weight is 222 g/mol. The summed E-state index contributed by atoms with van der Waals surface area (Å²) in [6, 6.07) is 3.43. The predicted molar refractivity (Wildman–Crippen MR) is 57.7 cm³/mol. The zero-order valence-electron chi connectivity index (χ0n) is 8.75. The lowest BCUT2D eigenvalue weighted by Crippen LogP contribution is -2.02. The number of halogens is 2. The highest BCUT2D eigenvalue weighted by molar-refractivity contribution is 5.72. The SMILES string of the molecule is O=CCC1CCC=C1c1cc(F)ccc1F. The molecule has 0 bridgehead atoms. The summed E-state index contributed by atoms with van der Waals surface area (Å²) in [5.41, 5.74) is 1.06. The van der Waals surface area contributed by atoms with Crippen molar-refractivity contribution in [1.29, 1.82) is 0 Å². The second kappa shape index (κ2) is 4.56. The highest BCUT2D eigenvalue weighted by Gasteiger charge is 2.22. The van der Waals surface area contributed by atoms with Crippen LogP contribution in [0.25, 0.3) is 5.57 Å². The fourth-order valence-electron chi connectivity index (χ4n) is 2.17. The maximum atomic E-state index is 13.5. The van der Waals surface area contributed by atoms with Gasteiger partial charge in [0.2, 0.25) is 0 Å². The number of hydrogen-bond donors (Lipinski definition) is 0. The maximum Gasteiger partial charge on any atom is 0.130 e. The van der Waals surface area contributed by atoms with Crippen LogP contribution in [-0.2, 0) is 4.79 Å². The van der Waals surface area contributed by atoms with E-state index >= 15 is 0 Å². The van der Waals surface area contributed by atoms with Crippen molar-refractivity contribution in [2.24, 2.45) is 5.92 Å². The number of rotatable bonds is 3. The van der Waals surface area contributed by atoms with Crippen LogP contribution in [0.2, 0.25) is 0 Å². The van der Waals surface area contributed by atoms with Gasteiger partial charge in [0.15, 0.2) is 0 Å². The first kappa shape index (κ1) is 11.0. The van der Waals surface area contributed by atoms with Crippen molar-refractivity contribution in [2.45, 2.75) is 19.3 Å². The van der Waals surface area contributed by atoms with Crippen LogP contribution < -0.4 is 0 Å². The quantitative estimate of drug-likeness (QED) is 0.717. The minimum atomic E-state index is -0.450. The Balaban J connectivity index is 2.36. The maximum absolute atomic E-state index is 13.5. The molecule has 1 aliphatic carbocycles. The Morgan fingerprint density at radius 3 is 2.94 bits per heavy atom. The second-order valence-electron chi connectivity index (χ2n) is 3.96. The summed E-state index contributed by atoms with van der Waals surface area (Å²) >= 11 is 0. The predicted octanol–water partition coefficient (Wildman–Crippen LogP) is 3.35. The lowest BCUT2D eigenvalue weighted by atomic mass is 9.92. The van der Waals surface area contributed by atoms with E-state index in [1.165, 1.54) is 6.07 Å². The van der Waals surface area contributed by atoms with E-state index in [1.54, 1.807) is 0 Å². The molecule has 1 unspecified atom stereocenters. The number of hydrogen-bond acceptors (Lipinski definition) is 1. The first-order valence-corrected chi connectivity index (χ1v) is 5.31. The van der Waals surface area contributed by atoms with Crippen molar-refractivity contribution < 1.29 is 13.6 Å². The Hall–Kier alpha value is -1.51. The summed E-state index contributed by atoms with van der Waals surface area (Å²) in [5, 5.41) is 0. The molecular weight excluding hydrogens is 210 g/mol. The third kappa shape index (κ3) is 2.03. The lowest BCUT2D eigenvalue weighted by Gasteiger charge is -2.12. The van der Waals surface area contributed by atoms with Crippen molar-refractivity contribution >= 4 is 11.9 Å². The molecule has 1 nitrogen and oxygen atoms in total. The summed E-state index contributed by atoms with van der Waals surface area (Å²) < 4.78 is 26.6. The summed E-state index contributed by atoms with van der Waals surface area (Å²) in [6.07, 6.45) is 4.77. The third-order valence-corrected chi connectivity index (χ3v) is 2.94. The highest BCUT2D eigenvalue weighted by Crippen LogP contribution is 2.36. The number of allylic oxidation sites excluding steroid dienone is 2. The summed E-state index contributed by atoms with van der Waals surface area (Å²) in [6.45, 7) is 0. The van der Waals surface area contributed by atoms with E-state index in [0.717, 1.165) is 36.8 Å². The lowest BCUT2D eigenvalue weighted by molar-refractivity contribution is -0.108. The van der Waals surface area contributed by atoms with E-state index in [1.807, 2.05) is 6.08 Å². The number of benzene rings is 1. The number of carbonyl (C=O) groups is 1. The molecular formula is C13H12F2O. The monoisotopic (exact) mass is 222 g/mol. The van der Waals surface area contributed by atoms with Gasteiger partial charge in [-0.3, -0.25) is 0 Å². The molecule has 0 aliphatic heterocycles. The van der Waals surface area contributed by atoms with Gasteiger partial charge in [0.1, 0.15) is 17.9 Å². The van der Waals surface area contributed by atoms with Crippen LogP contribution in [0.4, 0.5) is 8.78 Å². The highest BCUT2D eigenvalue weighted by atomic mass is 19.1. The van der Waals surface area contributed by atoms with Crippen molar-refractivity contribution in [3.8, 4) is 0 Å². The molecule has 0 radical (unpaired) electrons. The van der Waals surface area contributed by atoms with Crippen LogP contribution in [0.5, 0.6) is 0 Å². The topological polar surface area (TPSA) is 17.1 Å². The standard InChI is InChI=1S/C13H12F2O/c14-10-4-5-13(15)12(8-10)11-3-1-2-9(11)6-7-16/h3-5,7-9H,1-2,6H2. The molecule has 0 N–H and O–H groups in total. The first-order chi connectivity index (χ1) is 7.72. The Morgan fingerprint density at radius 1 is 1.38 bits per heavy atom. The average Bonchev–Trinajstić information content (AvgIpc) is 2.70. The van der Waals surface area contributed by atoms with Crippen LogP contribution in [0.3, 0.4) is 0 Å². The van der Waals surface area contributed by atoms with Crippen LogP contribution in [-0.4, -0.2) is 6.29 Å². The molecule has 0 heterocycles. The fourth-order valence-corrected chi connectivity index (χ4v) is 2.17. The van der Waals surface area contributed by atoms with Gasteiger partial charge in [0, 0.05) is 12.0 Å². The van der Waals surface area contributed by atoms with Gasteiger partial charge in [-0.05, 0) is 42.5 Å². The van der Waals surface area contributed by atoms with Crippen LogP contribution in [0.1, 0.15) is 24.8 Å². The molecule has 16 heavy (non-hydrogen) atoms. The molecule has 0 saturated heterocycles. The van der Waals surface area contributed by atoms with Crippen molar-refractivity contribution in [2.75, 3.05) is 0 Å². The van der Waals surface area contributed by atoms with Gasteiger partial charge in [-0.1, -0.05) is 6.08 Å². The van der Waals surface area contributed by atoms with Gasteiger partial charge in [-0.15, -0.1) is 0 Å². The van der Waals surface area contributed by atoms with Crippen LogP contribution in [0, 0.1) is 17.6 Å². The van der Waals surface area contributed by atoms with E-state index in [4.69, 9.17) is 0 Å². The molecule has 0 spiro atoms. The minimum absolute atomic E-state index is 0.0359. The normalized spacial score (nSPS) is 19.6. The largest absolute Gasteiger partial charge is 0.303 e. The molecule has 0 amide bonds. The molecule has 0 fully saturated rings. The van der Waals surface area contributed by atoms with Crippen molar-refractivity contribution in [1.82, 2.24) is 0 Å². The van der Waals surface area contributed by atoms with E-state index in [-0.39, 0.29) is 5.92 Å². The van der Waals surface area contributed by atoms with E-state index in [0.29, 0.717) is 12.0 Å². The van der Waals surface area contributed by atoms with Crippen molar-refractivity contribution in [3.63, 3.8) is 0 Å². The zero-order chi connectivity index (χ0) is 11.5. The smallest absolute Gasteiger partial charge is 0.130 e. The molecule has 0 aromatic heterocycles. The Bertz CT molecular complexity index is 438. The van der Waals surface area contributed by atoms with Gasteiger partial charge < -0.3 is 4.79 Å². The Kier molecular flexibility index (Phi) is 3.13. The zero-order valence-corrected chi connectivity index (χ0v) is 8.75. The van der Waals surface area contributed by atoms with Crippen molar-refractivity contribution in [3.05, 3.63) is 41.5 Å². The molecule has 1 atom stereocenters. The third-order valence-electron chi connectivity index (χ3n) is 2.94. The van der Waals surface area contributed by atoms with Gasteiger partial charge >= 0.3 is 0 Å². The molecule has 0 saturated carbocycles. The second-order valence-corrected chi connectivity index (χ2v) is 3.96. The van der Waals surface area contributed by atoms with E-state index in [9.17, 15) is 13.6 Å². The number of carbonyl (C=O) groups excluding carboxylic acids is 1. The molecule has 84 valence electrons.